The minimum absolute atomic E-state index is 0.0593. The van der Waals surface area contributed by atoms with Crippen LogP contribution < -0.4 is 15.4 Å². The van der Waals surface area contributed by atoms with Crippen LogP contribution in [-0.4, -0.2) is 18.4 Å². The van der Waals surface area contributed by atoms with Gasteiger partial charge < -0.3 is 15.4 Å². The standard InChI is InChI=1S/C19H21ClN2O3/c1-3-25-18-11-7-6-10-16(18)22-19(24)12-17(21-13(2)23)14-8-4-5-9-15(14)20/h4-11,17H,3,12H2,1-2H3,(H,21,23)(H,22,24)/t17-/m0/s1. The lowest BCUT2D eigenvalue weighted by Crippen LogP contribution is -2.30. The number of para-hydroxylation sites is 2. The van der Waals surface area contributed by atoms with Crippen LogP contribution in [0.1, 0.15) is 31.9 Å². The van der Waals surface area contributed by atoms with E-state index < -0.39 is 6.04 Å². The molecule has 0 aliphatic rings. The Morgan fingerprint density at radius 1 is 1.12 bits per heavy atom. The number of ether oxygens (including phenoxy) is 1. The topological polar surface area (TPSA) is 67.4 Å². The van der Waals surface area contributed by atoms with Crippen LogP contribution in [0.2, 0.25) is 5.02 Å². The van der Waals surface area contributed by atoms with Gasteiger partial charge in [0.05, 0.1) is 24.8 Å². The monoisotopic (exact) mass is 360 g/mol. The van der Waals surface area contributed by atoms with Crippen LogP contribution in [0, 0.1) is 0 Å². The first-order chi connectivity index (χ1) is 12.0. The molecule has 0 aliphatic carbocycles. The maximum absolute atomic E-state index is 12.5. The molecule has 0 spiro atoms. The van der Waals surface area contributed by atoms with Gasteiger partial charge in [-0.25, -0.2) is 0 Å². The Morgan fingerprint density at radius 3 is 2.48 bits per heavy atom. The molecular formula is C19H21ClN2O3. The van der Waals surface area contributed by atoms with E-state index in [-0.39, 0.29) is 18.2 Å². The van der Waals surface area contributed by atoms with Crippen LogP contribution in [0.5, 0.6) is 5.75 Å². The van der Waals surface area contributed by atoms with Gasteiger partial charge >= 0.3 is 0 Å². The first kappa shape index (κ1) is 18.8. The molecular weight excluding hydrogens is 340 g/mol. The van der Waals surface area contributed by atoms with E-state index in [1.165, 1.54) is 6.92 Å². The summed E-state index contributed by atoms with van der Waals surface area (Å²) in [5, 5.41) is 6.11. The van der Waals surface area contributed by atoms with Gasteiger partial charge in [-0.1, -0.05) is 41.9 Å². The molecule has 0 aromatic heterocycles. The van der Waals surface area contributed by atoms with Crippen molar-refractivity contribution < 1.29 is 14.3 Å². The van der Waals surface area contributed by atoms with Gasteiger partial charge in [-0.15, -0.1) is 0 Å². The highest BCUT2D eigenvalue weighted by Gasteiger charge is 2.20. The fraction of sp³-hybridized carbons (Fsp3) is 0.263. The lowest BCUT2D eigenvalue weighted by Gasteiger charge is -2.19. The maximum atomic E-state index is 12.5. The molecule has 0 bridgehead atoms. The SMILES string of the molecule is CCOc1ccccc1NC(=O)C[C@H](NC(C)=O)c1ccccc1Cl. The van der Waals surface area contributed by atoms with Crippen molar-refractivity contribution in [1.82, 2.24) is 5.32 Å². The molecule has 0 saturated heterocycles. The van der Waals surface area contributed by atoms with Gasteiger partial charge in [-0.2, -0.15) is 0 Å². The maximum Gasteiger partial charge on any atom is 0.226 e. The second kappa shape index (κ2) is 9.08. The number of hydrogen-bond donors (Lipinski definition) is 2. The van der Waals surface area contributed by atoms with Crippen molar-refractivity contribution in [3.63, 3.8) is 0 Å². The van der Waals surface area contributed by atoms with E-state index in [1.807, 2.05) is 25.1 Å². The minimum atomic E-state index is -0.509. The average Bonchev–Trinajstić information content (AvgIpc) is 2.56. The van der Waals surface area contributed by atoms with Gasteiger partial charge in [0.25, 0.3) is 0 Å². The van der Waals surface area contributed by atoms with E-state index in [4.69, 9.17) is 16.3 Å². The fourth-order valence-corrected chi connectivity index (χ4v) is 2.75. The van der Waals surface area contributed by atoms with Gasteiger partial charge in [-0.3, -0.25) is 9.59 Å². The van der Waals surface area contributed by atoms with Crippen LogP contribution in [0.25, 0.3) is 0 Å². The van der Waals surface area contributed by atoms with Crippen LogP contribution in [0.4, 0.5) is 5.69 Å². The lowest BCUT2D eigenvalue weighted by molar-refractivity contribution is -0.120. The first-order valence-electron chi connectivity index (χ1n) is 8.04. The van der Waals surface area contributed by atoms with E-state index in [9.17, 15) is 9.59 Å². The first-order valence-corrected chi connectivity index (χ1v) is 8.42. The summed E-state index contributed by atoms with van der Waals surface area (Å²) in [6.07, 6.45) is 0.0593. The predicted octanol–water partition coefficient (Wildman–Crippen LogP) is 3.94. The Labute approximate surface area is 152 Å². The molecule has 2 aromatic rings. The third kappa shape index (κ3) is 5.50. The van der Waals surface area contributed by atoms with Crippen molar-refractivity contribution in [3.8, 4) is 5.75 Å². The summed E-state index contributed by atoms with van der Waals surface area (Å²) in [5.74, 6) is 0.130. The molecule has 2 rings (SSSR count). The molecule has 5 nitrogen and oxygen atoms in total. The zero-order chi connectivity index (χ0) is 18.2. The molecule has 0 aliphatic heterocycles. The zero-order valence-corrected chi connectivity index (χ0v) is 15.0. The number of amides is 2. The Kier molecular flexibility index (Phi) is 6.83. The van der Waals surface area contributed by atoms with Crippen LogP contribution in [0.15, 0.2) is 48.5 Å². The molecule has 0 radical (unpaired) electrons. The average molecular weight is 361 g/mol. The summed E-state index contributed by atoms with van der Waals surface area (Å²) < 4.78 is 5.51. The Bertz CT molecular complexity index is 749. The zero-order valence-electron chi connectivity index (χ0n) is 14.2. The lowest BCUT2D eigenvalue weighted by atomic mass is 10.0. The molecule has 1 atom stereocenters. The summed E-state index contributed by atoms with van der Waals surface area (Å²) in [6, 6.07) is 13.9. The highest BCUT2D eigenvalue weighted by atomic mass is 35.5. The molecule has 0 heterocycles. The van der Waals surface area contributed by atoms with Gasteiger partial charge in [0.15, 0.2) is 0 Å². The minimum Gasteiger partial charge on any atom is -0.492 e. The Balaban J connectivity index is 2.15. The van der Waals surface area contributed by atoms with E-state index in [2.05, 4.69) is 10.6 Å². The summed E-state index contributed by atoms with van der Waals surface area (Å²) >= 11 is 6.21. The number of benzene rings is 2. The number of carbonyl (C=O) groups is 2. The summed E-state index contributed by atoms with van der Waals surface area (Å²) in [5.41, 5.74) is 1.29. The number of anilines is 1. The smallest absolute Gasteiger partial charge is 0.226 e. The van der Waals surface area contributed by atoms with Crippen molar-refractivity contribution in [2.24, 2.45) is 0 Å². The largest absolute Gasteiger partial charge is 0.492 e. The number of rotatable bonds is 7. The van der Waals surface area contributed by atoms with Crippen LogP contribution >= 0.6 is 11.6 Å². The predicted molar refractivity (Wildman–Crippen MR) is 98.9 cm³/mol. The highest BCUT2D eigenvalue weighted by Crippen LogP contribution is 2.27. The van der Waals surface area contributed by atoms with Gasteiger partial charge in [0.2, 0.25) is 11.8 Å². The van der Waals surface area contributed by atoms with E-state index in [1.54, 1.807) is 30.3 Å². The molecule has 132 valence electrons. The molecule has 2 N–H and O–H groups in total. The van der Waals surface area contributed by atoms with Crippen molar-refractivity contribution in [2.45, 2.75) is 26.3 Å². The summed E-state index contributed by atoms with van der Waals surface area (Å²) in [6.45, 7) is 3.79. The van der Waals surface area contributed by atoms with Crippen molar-refractivity contribution in [2.75, 3.05) is 11.9 Å². The number of hydrogen-bond acceptors (Lipinski definition) is 3. The van der Waals surface area contributed by atoms with E-state index >= 15 is 0 Å². The van der Waals surface area contributed by atoms with Crippen molar-refractivity contribution in [3.05, 3.63) is 59.1 Å². The second-order valence-corrected chi connectivity index (χ2v) is 5.86. The van der Waals surface area contributed by atoms with Crippen LogP contribution in [0.3, 0.4) is 0 Å². The molecule has 0 fully saturated rings. The molecule has 2 amide bonds. The second-order valence-electron chi connectivity index (χ2n) is 5.46. The number of nitrogens with one attached hydrogen (secondary N) is 2. The number of carbonyl (C=O) groups excluding carboxylic acids is 2. The normalized spacial score (nSPS) is 11.5. The van der Waals surface area contributed by atoms with Crippen molar-refractivity contribution >= 4 is 29.1 Å². The Morgan fingerprint density at radius 2 is 1.80 bits per heavy atom. The quantitative estimate of drug-likeness (QED) is 0.785. The van der Waals surface area contributed by atoms with Crippen LogP contribution in [-0.2, 0) is 9.59 Å². The number of halogens is 1. The van der Waals surface area contributed by atoms with E-state index in [0.29, 0.717) is 28.6 Å². The molecule has 0 saturated carbocycles. The third-order valence-electron chi connectivity index (χ3n) is 3.51. The highest BCUT2D eigenvalue weighted by molar-refractivity contribution is 6.31. The van der Waals surface area contributed by atoms with Gasteiger partial charge in [-0.05, 0) is 30.7 Å². The molecule has 25 heavy (non-hydrogen) atoms. The van der Waals surface area contributed by atoms with Gasteiger partial charge in [0, 0.05) is 11.9 Å². The Hall–Kier alpha value is -2.53. The van der Waals surface area contributed by atoms with E-state index in [0.717, 1.165) is 0 Å². The molecule has 6 heteroatoms. The van der Waals surface area contributed by atoms with Gasteiger partial charge in [0.1, 0.15) is 5.75 Å². The summed E-state index contributed by atoms with van der Waals surface area (Å²) in [7, 11) is 0. The molecule has 2 aromatic carbocycles. The summed E-state index contributed by atoms with van der Waals surface area (Å²) in [4.78, 5) is 24.0. The fourth-order valence-electron chi connectivity index (χ4n) is 2.48. The third-order valence-corrected chi connectivity index (χ3v) is 3.85. The van der Waals surface area contributed by atoms with Crippen molar-refractivity contribution in [1.29, 1.82) is 0 Å². The molecule has 0 unspecified atom stereocenters.